The quantitative estimate of drug-likeness (QED) is 0.472. The van der Waals surface area contributed by atoms with Gasteiger partial charge in [-0.3, -0.25) is 4.79 Å². The molecule has 3 rings (SSSR count). The van der Waals surface area contributed by atoms with Gasteiger partial charge in [0.05, 0.1) is 0 Å². The number of amides is 1. The first-order valence-corrected chi connectivity index (χ1v) is 13.3. The van der Waals surface area contributed by atoms with Gasteiger partial charge in [0.2, 0.25) is 5.91 Å². The Morgan fingerprint density at radius 1 is 1.26 bits per heavy atom. The standard InChI is InChI=1S/C22H30ClN3O3S2/c1-2-3-4-5-11-25-18-10-12-26(15-18)31(28,29)21-9-7-19(30-21)14-16-13-17(23)6-8-20(16)22(24)27/h6-9,13,18,25H,2-5,10-12,14-15H2,1H3,(H2,24,27). The van der Waals surface area contributed by atoms with Crippen LogP contribution in [-0.2, 0) is 16.4 Å². The minimum atomic E-state index is -3.52. The van der Waals surface area contributed by atoms with E-state index in [1.807, 2.05) is 0 Å². The zero-order valence-corrected chi connectivity index (χ0v) is 20.2. The van der Waals surface area contributed by atoms with Crippen molar-refractivity contribution in [3.8, 4) is 0 Å². The molecule has 31 heavy (non-hydrogen) atoms. The lowest BCUT2D eigenvalue weighted by Crippen LogP contribution is -2.35. The first-order chi connectivity index (χ1) is 14.8. The molecule has 1 fully saturated rings. The number of primary amides is 1. The van der Waals surface area contributed by atoms with Crippen LogP contribution in [0.5, 0.6) is 0 Å². The lowest BCUT2D eigenvalue weighted by Gasteiger charge is -2.16. The molecule has 1 unspecified atom stereocenters. The first-order valence-electron chi connectivity index (χ1n) is 10.7. The van der Waals surface area contributed by atoms with Gasteiger partial charge in [0, 0.05) is 41.0 Å². The average Bonchev–Trinajstić information content (AvgIpc) is 3.38. The van der Waals surface area contributed by atoms with Crippen LogP contribution in [0, 0.1) is 0 Å². The van der Waals surface area contributed by atoms with Gasteiger partial charge < -0.3 is 11.1 Å². The number of benzene rings is 1. The van der Waals surface area contributed by atoms with E-state index >= 15 is 0 Å². The summed E-state index contributed by atoms with van der Waals surface area (Å²) in [6.45, 7) is 4.16. The molecule has 1 atom stereocenters. The fraction of sp³-hybridized carbons (Fsp3) is 0.500. The van der Waals surface area contributed by atoms with Gasteiger partial charge in [-0.1, -0.05) is 37.8 Å². The zero-order valence-electron chi connectivity index (χ0n) is 17.8. The van der Waals surface area contributed by atoms with E-state index in [1.165, 1.54) is 30.6 Å². The monoisotopic (exact) mass is 483 g/mol. The van der Waals surface area contributed by atoms with E-state index in [1.54, 1.807) is 34.6 Å². The molecule has 1 aliphatic heterocycles. The Morgan fingerprint density at radius 3 is 2.81 bits per heavy atom. The molecule has 1 amide bonds. The van der Waals surface area contributed by atoms with Gasteiger partial charge in [-0.2, -0.15) is 4.31 Å². The van der Waals surface area contributed by atoms with Gasteiger partial charge in [0.25, 0.3) is 10.0 Å². The number of carbonyl (C=O) groups excluding carboxylic acids is 1. The van der Waals surface area contributed by atoms with Crippen molar-refractivity contribution in [2.45, 2.75) is 55.7 Å². The predicted octanol–water partition coefficient (Wildman–Crippen LogP) is 4.02. The molecule has 1 aliphatic rings. The molecular weight excluding hydrogens is 454 g/mol. The fourth-order valence-electron chi connectivity index (χ4n) is 3.83. The fourth-order valence-corrected chi connectivity index (χ4v) is 7.05. The van der Waals surface area contributed by atoms with Gasteiger partial charge in [-0.15, -0.1) is 11.3 Å². The number of halogens is 1. The third kappa shape index (κ3) is 6.29. The molecule has 1 saturated heterocycles. The predicted molar refractivity (Wildman–Crippen MR) is 126 cm³/mol. The number of unbranched alkanes of at least 4 members (excludes halogenated alkanes) is 3. The second-order valence-corrected chi connectivity index (χ2v) is 11.7. The van der Waals surface area contributed by atoms with E-state index in [4.69, 9.17) is 17.3 Å². The molecule has 0 saturated carbocycles. The molecule has 3 N–H and O–H groups in total. The third-order valence-electron chi connectivity index (χ3n) is 5.54. The number of thiophene rings is 1. The number of rotatable bonds is 11. The Kier molecular flexibility index (Phi) is 8.52. The van der Waals surface area contributed by atoms with Gasteiger partial charge >= 0.3 is 0 Å². The van der Waals surface area contributed by atoms with Crippen LogP contribution in [-0.4, -0.2) is 44.3 Å². The topological polar surface area (TPSA) is 92.5 Å². The number of carbonyl (C=O) groups is 1. The van der Waals surface area contributed by atoms with Crippen molar-refractivity contribution in [1.29, 1.82) is 0 Å². The average molecular weight is 484 g/mol. The lowest BCUT2D eigenvalue weighted by molar-refractivity contribution is 0.0999. The highest BCUT2D eigenvalue weighted by atomic mass is 35.5. The summed E-state index contributed by atoms with van der Waals surface area (Å²) in [5.74, 6) is -0.527. The van der Waals surface area contributed by atoms with Crippen LogP contribution in [0.1, 0.15) is 59.8 Å². The highest BCUT2D eigenvalue weighted by Crippen LogP contribution is 2.30. The van der Waals surface area contributed by atoms with Crippen LogP contribution in [0.4, 0.5) is 0 Å². The largest absolute Gasteiger partial charge is 0.366 e. The number of sulfonamides is 1. The summed E-state index contributed by atoms with van der Waals surface area (Å²) >= 11 is 7.30. The molecule has 2 aromatic rings. The minimum absolute atomic E-state index is 0.209. The van der Waals surface area contributed by atoms with Gasteiger partial charge in [-0.05, 0) is 55.3 Å². The number of nitrogens with two attached hydrogens (primary N) is 1. The second-order valence-electron chi connectivity index (χ2n) is 7.93. The highest BCUT2D eigenvalue weighted by Gasteiger charge is 2.33. The van der Waals surface area contributed by atoms with Crippen LogP contribution >= 0.6 is 22.9 Å². The number of nitrogens with zero attached hydrogens (tertiary/aromatic N) is 1. The number of hydrogen-bond acceptors (Lipinski definition) is 5. The van der Waals surface area contributed by atoms with Gasteiger partial charge in [-0.25, -0.2) is 8.42 Å². The molecule has 9 heteroatoms. The highest BCUT2D eigenvalue weighted by molar-refractivity contribution is 7.91. The van der Waals surface area contributed by atoms with Crippen molar-refractivity contribution in [3.05, 3.63) is 51.4 Å². The van der Waals surface area contributed by atoms with Crippen molar-refractivity contribution in [3.63, 3.8) is 0 Å². The van der Waals surface area contributed by atoms with Crippen molar-refractivity contribution in [2.75, 3.05) is 19.6 Å². The summed E-state index contributed by atoms with van der Waals surface area (Å²) in [4.78, 5) is 12.5. The Hall–Kier alpha value is -1.45. The van der Waals surface area contributed by atoms with Crippen molar-refractivity contribution < 1.29 is 13.2 Å². The molecule has 2 heterocycles. The minimum Gasteiger partial charge on any atom is -0.366 e. The summed E-state index contributed by atoms with van der Waals surface area (Å²) < 4.78 is 28.1. The Labute approximate surface area is 193 Å². The van der Waals surface area contributed by atoms with E-state index in [2.05, 4.69) is 12.2 Å². The van der Waals surface area contributed by atoms with Crippen molar-refractivity contribution in [1.82, 2.24) is 9.62 Å². The Morgan fingerprint density at radius 2 is 2.06 bits per heavy atom. The molecule has 0 radical (unpaired) electrons. The summed E-state index contributed by atoms with van der Waals surface area (Å²) in [5.41, 5.74) is 6.55. The van der Waals surface area contributed by atoms with Crippen LogP contribution in [0.25, 0.3) is 0 Å². The zero-order chi connectivity index (χ0) is 22.4. The SMILES string of the molecule is CCCCCCNC1CCN(S(=O)(=O)c2ccc(Cc3cc(Cl)ccc3C(N)=O)s2)C1. The summed E-state index contributed by atoms with van der Waals surface area (Å²) in [7, 11) is -3.52. The Bertz CT molecular complexity index is 1010. The molecule has 1 aromatic carbocycles. The first kappa shape index (κ1) is 24.2. The van der Waals surface area contributed by atoms with E-state index in [0.717, 1.165) is 24.3 Å². The lowest BCUT2D eigenvalue weighted by atomic mass is 10.0. The maximum atomic E-state index is 13.1. The van der Waals surface area contributed by atoms with E-state index in [-0.39, 0.29) is 6.04 Å². The maximum absolute atomic E-state index is 13.1. The second kappa shape index (κ2) is 10.9. The third-order valence-corrected chi connectivity index (χ3v) is 9.20. The van der Waals surface area contributed by atoms with Crippen LogP contribution in [0.3, 0.4) is 0 Å². The van der Waals surface area contributed by atoms with Crippen LogP contribution < -0.4 is 11.1 Å². The molecule has 0 aliphatic carbocycles. The molecule has 0 bridgehead atoms. The van der Waals surface area contributed by atoms with Crippen LogP contribution in [0.2, 0.25) is 5.02 Å². The van der Waals surface area contributed by atoms with Gasteiger partial charge in [0.1, 0.15) is 4.21 Å². The van der Waals surface area contributed by atoms with E-state index < -0.39 is 15.9 Å². The molecule has 1 aromatic heterocycles. The van der Waals surface area contributed by atoms with Crippen LogP contribution in [0.15, 0.2) is 34.5 Å². The molecular formula is C22H30ClN3O3S2. The number of hydrogen-bond donors (Lipinski definition) is 2. The van der Waals surface area contributed by atoms with E-state index in [9.17, 15) is 13.2 Å². The summed E-state index contributed by atoms with van der Waals surface area (Å²) in [5, 5.41) is 4.00. The molecule has 170 valence electrons. The maximum Gasteiger partial charge on any atom is 0.252 e. The summed E-state index contributed by atoms with van der Waals surface area (Å²) in [6.07, 6.45) is 6.02. The van der Waals surface area contributed by atoms with Crippen molar-refractivity contribution in [2.24, 2.45) is 5.73 Å². The Balaban J connectivity index is 1.63. The summed E-state index contributed by atoms with van der Waals surface area (Å²) in [6, 6.07) is 8.58. The number of nitrogens with one attached hydrogen (secondary N) is 1. The molecule has 6 nitrogen and oxygen atoms in total. The molecule has 0 spiro atoms. The normalized spacial score (nSPS) is 17.3. The van der Waals surface area contributed by atoms with Crippen molar-refractivity contribution >= 4 is 38.9 Å². The van der Waals surface area contributed by atoms with E-state index in [0.29, 0.717) is 39.9 Å². The smallest absolute Gasteiger partial charge is 0.252 e. The van der Waals surface area contributed by atoms with Gasteiger partial charge in [0.15, 0.2) is 0 Å².